The summed E-state index contributed by atoms with van der Waals surface area (Å²) in [6.45, 7) is -0.658. The van der Waals surface area contributed by atoms with Crippen LogP contribution in [0.3, 0.4) is 0 Å². The smallest absolute Gasteiger partial charge is 0.284 e. The van der Waals surface area contributed by atoms with Crippen molar-refractivity contribution in [1.29, 1.82) is 0 Å². The van der Waals surface area contributed by atoms with Crippen LogP contribution >= 0.6 is 11.8 Å². The summed E-state index contributed by atoms with van der Waals surface area (Å²) in [5.41, 5.74) is -1.26. The van der Waals surface area contributed by atoms with Gasteiger partial charge in [0.2, 0.25) is 0 Å². The second-order valence-electron chi connectivity index (χ2n) is 5.87. The second kappa shape index (κ2) is 10.3. The Hall–Kier alpha value is -0.520. The van der Waals surface area contributed by atoms with Gasteiger partial charge in [0.05, 0.1) is 6.61 Å². The maximum atomic E-state index is 11.1. The summed E-state index contributed by atoms with van der Waals surface area (Å²) < 4.78 is 63.1. The van der Waals surface area contributed by atoms with Crippen LogP contribution in [0.2, 0.25) is 0 Å². The molecule has 0 radical (unpaired) electrons. The normalized spacial score (nSPS) is 30.3. The van der Waals surface area contributed by atoms with Crippen LogP contribution in [-0.4, -0.2) is 95.3 Å². The van der Waals surface area contributed by atoms with Gasteiger partial charge in [0.1, 0.15) is 44.7 Å². The first-order valence-corrected chi connectivity index (χ1v) is 12.0. The lowest BCUT2D eigenvalue weighted by molar-refractivity contribution is -0.205. The van der Waals surface area contributed by atoms with Crippen LogP contribution in [0.4, 0.5) is 0 Å². The molecule has 1 fully saturated rings. The minimum absolute atomic E-state index is 0.00920. The third kappa shape index (κ3) is 9.01. The Balaban J connectivity index is 2.82. The lowest BCUT2D eigenvalue weighted by atomic mass is 10.0. The van der Waals surface area contributed by atoms with Crippen LogP contribution < -0.4 is 0 Å². The van der Waals surface area contributed by atoms with Crippen molar-refractivity contribution in [2.45, 2.75) is 49.1 Å². The summed E-state index contributed by atoms with van der Waals surface area (Å²) >= 11 is 0.615. The summed E-state index contributed by atoms with van der Waals surface area (Å²) in [6, 6.07) is 0. The fourth-order valence-electron chi connectivity index (χ4n) is 2.15. The highest BCUT2D eigenvalue weighted by atomic mass is 32.3. The Bertz CT molecular complexity index is 706. The third-order valence-corrected chi connectivity index (χ3v) is 5.95. The van der Waals surface area contributed by atoms with Gasteiger partial charge < -0.3 is 29.7 Å². The lowest BCUT2D eigenvalue weighted by Gasteiger charge is -2.39. The molecule has 27 heavy (non-hydrogen) atoms. The quantitative estimate of drug-likeness (QED) is 0.0717. The largest absolute Gasteiger partial charge is 0.714 e. The van der Waals surface area contributed by atoms with Crippen molar-refractivity contribution in [2.75, 3.05) is 18.6 Å². The molecule has 0 amide bonds. The van der Waals surface area contributed by atoms with Crippen molar-refractivity contribution in [3.05, 3.63) is 0 Å². The van der Waals surface area contributed by atoms with Crippen molar-refractivity contribution >= 4 is 37.0 Å². The van der Waals surface area contributed by atoms with E-state index in [0.29, 0.717) is 11.8 Å². The fourth-order valence-corrected chi connectivity index (χ4v) is 4.22. The van der Waals surface area contributed by atoms with Crippen molar-refractivity contribution in [2.24, 2.45) is 5.16 Å². The number of thioether (sulfide) groups is 1. The van der Waals surface area contributed by atoms with E-state index in [-0.39, 0.29) is 30.1 Å². The van der Waals surface area contributed by atoms with E-state index in [4.69, 9.17) is 9.84 Å². The molecule has 0 saturated carbocycles. The predicted octanol–water partition coefficient (Wildman–Crippen LogP) is -2.48. The highest BCUT2D eigenvalue weighted by Gasteiger charge is 2.44. The number of ether oxygens (including phenoxy) is 1. The number of sulfone groups is 1. The van der Waals surface area contributed by atoms with Gasteiger partial charge in [-0.15, -0.1) is 0 Å². The van der Waals surface area contributed by atoms with E-state index in [1.807, 2.05) is 0 Å². The van der Waals surface area contributed by atoms with Crippen LogP contribution in [0.5, 0.6) is 0 Å². The van der Waals surface area contributed by atoms with E-state index < -0.39 is 56.7 Å². The third-order valence-electron chi connectivity index (χ3n) is 3.49. The molecule has 0 aromatic rings. The zero-order valence-electron chi connectivity index (χ0n) is 14.2. The standard InChI is InChI=1S/C12H23NO11S3/c1-26(18,19)5-3-2-4-8(13-24-27(20,21)22)25-12-11(17)10(16)9(15)7(6-14)23-12/h7,9-12,14-17H,2-6H2,1H3,(H,20,21,22)/p-1. The zero-order valence-corrected chi connectivity index (χ0v) is 16.7. The molecule has 160 valence electrons. The second-order valence-corrected chi connectivity index (χ2v) is 10.3. The van der Waals surface area contributed by atoms with Gasteiger partial charge in [-0.05, 0) is 19.3 Å². The Labute approximate surface area is 161 Å². The number of aliphatic hydroxyl groups excluding tert-OH is 4. The fraction of sp³-hybridized carbons (Fsp3) is 0.917. The summed E-state index contributed by atoms with van der Waals surface area (Å²) in [4.78, 5) is 0. The van der Waals surface area contributed by atoms with Crippen molar-refractivity contribution in [1.82, 2.24) is 0 Å². The molecule has 1 saturated heterocycles. The molecule has 5 unspecified atom stereocenters. The van der Waals surface area contributed by atoms with E-state index in [1.165, 1.54) is 0 Å². The maximum absolute atomic E-state index is 11.1. The molecule has 12 nitrogen and oxygen atoms in total. The van der Waals surface area contributed by atoms with Gasteiger partial charge in [-0.25, -0.2) is 8.42 Å². The van der Waals surface area contributed by atoms with Gasteiger partial charge in [-0.3, -0.25) is 4.28 Å². The van der Waals surface area contributed by atoms with E-state index in [1.54, 1.807) is 0 Å². The minimum atomic E-state index is -5.14. The van der Waals surface area contributed by atoms with Crippen molar-refractivity contribution < 1.29 is 50.8 Å². The highest BCUT2D eigenvalue weighted by Crippen LogP contribution is 2.30. The van der Waals surface area contributed by atoms with Gasteiger partial charge in [0, 0.05) is 12.0 Å². The van der Waals surface area contributed by atoms with Crippen LogP contribution in [-0.2, 0) is 29.3 Å². The zero-order chi connectivity index (χ0) is 20.8. The molecule has 1 aliphatic rings. The van der Waals surface area contributed by atoms with Crippen LogP contribution in [0.25, 0.3) is 0 Å². The molecule has 0 spiro atoms. The molecule has 4 N–H and O–H groups in total. The highest BCUT2D eigenvalue weighted by molar-refractivity contribution is 8.14. The molecule has 1 rings (SSSR count). The molecule has 0 aromatic carbocycles. The Kier molecular flexibility index (Phi) is 9.36. The first-order valence-electron chi connectivity index (χ1n) is 7.70. The van der Waals surface area contributed by atoms with Gasteiger partial charge in [-0.2, -0.15) is 8.42 Å². The predicted molar refractivity (Wildman–Crippen MR) is 93.1 cm³/mol. The molecular formula is C12H22NO11S3-. The minimum Gasteiger partial charge on any atom is -0.714 e. The van der Waals surface area contributed by atoms with Crippen molar-refractivity contribution in [3.63, 3.8) is 0 Å². The number of nitrogens with zero attached hydrogens (tertiary/aromatic N) is 1. The van der Waals surface area contributed by atoms with Crippen LogP contribution in [0.1, 0.15) is 19.3 Å². The van der Waals surface area contributed by atoms with Crippen molar-refractivity contribution in [3.8, 4) is 0 Å². The van der Waals surface area contributed by atoms with Gasteiger partial charge in [0.25, 0.3) is 10.4 Å². The first-order chi connectivity index (χ1) is 12.3. The monoisotopic (exact) mass is 452 g/mol. The van der Waals surface area contributed by atoms with Gasteiger partial charge >= 0.3 is 0 Å². The lowest BCUT2D eigenvalue weighted by Crippen LogP contribution is -2.57. The van der Waals surface area contributed by atoms with Crippen LogP contribution in [0, 0.1) is 0 Å². The number of aliphatic hydroxyl groups is 4. The van der Waals surface area contributed by atoms with Gasteiger partial charge in [0.15, 0.2) is 0 Å². The van der Waals surface area contributed by atoms with Gasteiger partial charge in [-0.1, -0.05) is 16.9 Å². The topological polar surface area (TPSA) is 203 Å². The molecular weight excluding hydrogens is 430 g/mol. The van der Waals surface area contributed by atoms with E-state index in [0.717, 1.165) is 6.26 Å². The summed E-state index contributed by atoms with van der Waals surface area (Å²) in [7, 11) is -8.34. The average molecular weight is 453 g/mol. The van der Waals surface area contributed by atoms with Crippen LogP contribution in [0.15, 0.2) is 5.16 Å². The molecule has 5 atom stereocenters. The number of unbranched alkanes of at least 4 members (excludes halogenated alkanes) is 1. The molecule has 1 aliphatic heterocycles. The Morgan fingerprint density at radius 2 is 1.78 bits per heavy atom. The number of hydrogen-bond donors (Lipinski definition) is 4. The Morgan fingerprint density at radius 3 is 2.30 bits per heavy atom. The maximum Gasteiger partial charge on any atom is 0.284 e. The molecule has 0 aliphatic carbocycles. The van der Waals surface area contributed by atoms with E-state index >= 15 is 0 Å². The summed E-state index contributed by atoms with van der Waals surface area (Å²) in [5.74, 6) is -0.119. The van der Waals surface area contributed by atoms with E-state index in [2.05, 4.69) is 9.44 Å². The number of oxime groups is 1. The van der Waals surface area contributed by atoms with E-state index in [9.17, 15) is 36.7 Å². The summed E-state index contributed by atoms with van der Waals surface area (Å²) in [5, 5.41) is 41.7. The number of rotatable bonds is 9. The molecule has 0 aromatic heterocycles. The first kappa shape index (κ1) is 24.5. The molecule has 15 heteroatoms. The average Bonchev–Trinajstić information content (AvgIpc) is 2.54. The molecule has 1 heterocycles. The number of hydrogen-bond acceptors (Lipinski definition) is 13. The Morgan fingerprint density at radius 1 is 1.15 bits per heavy atom. The molecule has 0 bridgehead atoms. The summed E-state index contributed by atoms with van der Waals surface area (Å²) in [6.07, 6.45) is -4.52. The SMILES string of the molecule is CS(=O)(=O)CCCCC(=NOS(=O)(=O)[O-])SC1OC(CO)C(O)C(O)C1O.